The molecule has 1 aliphatic rings. The molecule has 1 nitrogen and oxygen atoms in total. The summed E-state index contributed by atoms with van der Waals surface area (Å²) < 4.78 is 26.6. The lowest BCUT2D eigenvalue weighted by Crippen LogP contribution is -2.33. The minimum Gasteiger partial charge on any atom is -0.309 e. The highest BCUT2D eigenvalue weighted by molar-refractivity contribution is 9.10. The molecule has 1 aliphatic heterocycles. The summed E-state index contributed by atoms with van der Waals surface area (Å²) in [5.41, 5.74) is 1.40. The molecule has 5 heteroatoms. The minimum absolute atomic E-state index is 0. The van der Waals surface area contributed by atoms with E-state index in [1.165, 1.54) is 6.07 Å². The first-order valence-corrected chi connectivity index (χ1v) is 5.01. The molecule has 15 heavy (non-hydrogen) atoms. The molecule has 2 rings (SSSR count). The van der Waals surface area contributed by atoms with Gasteiger partial charge in [0.1, 0.15) is 0 Å². The van der Waals surface area contributed by atoms with Gasteiger partial charge in [-0.05, 0) is 27.6 Å². The molecule has 0 unspecified atom stereocenters. The van der Waals surface area contributed by atoms with Crippen molar-refractivity contribution in [1.82, 2.24) is 5.32 Å². The van der Waals surface area contributed by atoms with Gasteiger partial charge in [-0.1, -0.05) is 12.1 Å². The van der Waals surface area contributed by atoms with Gasteiger partial charge in [-0.25, -0.2) is 8.78 Å². The average molecular weight is 297 g/mol. The zero-order chi connectivity index (χ0) is 10.1. The topological polar surface area (TPSA) is 12.0 Å². The highest BCUT2D eigenvalue weighted by Crippen LogP contribution is 2.23. The molecular weight excluding hydrogens is 287 g/mol. The lowest BCUT2D eigenvalue weighted by molar-refractivity contribution is 0.502. The number of nitrogens with one attached hydrogen (secondary N) is 1. The molecule has 82 valence electrons. The van der Waals surface area contributed by atoms with E-state index >= 15 is 0 Å². The molecule has 1 N–H and O–H groups in total. The number of hydrogen-bond acceptors (Lipinski definition) is 1. The molecule has 0 atom stereocenters. The third kappa shape index (κ3) is 2.56. The summed E-state index contributed by atoms with van der Waals surface area (Å²) in [6.45, 7) is 1.52. The maximum Gasteiger partial charge on any atom is 0.173 e. The van der Waals surface area contributed by atoms with Gasteiger partial charge in [0.2, 0.25) is 0 Å². The van der Waals surface area contributed by atoms with E-state index in [2.05, 4.69) is 21.2 Å². The predicted molar refractivity (Wildman–Crippen MR) is 62.2 cm³/mol. The van der Waals surface area contributed by atoms with Crippen LogP contribution < -0.4 is 5.32 Å². The molecule has 1 aromatic rings. The van der Waals surface area contributed by atoms with Crippen LogP contribution in [0.2, 0.25) is 0 Å². The van der Waals surface area contributed by atoms with Crippen molar-refractivity contribution in [3.05, 3.63) is 39.4 Å². The van der Waals surface area contributed by atoms with Crippen molar-refractivity contribution in [3.63, 3.8) is 0 Å². The standard InChI is InChI=1S/C10H8BrF2N.ClH/c11-8-2-1-7(9(12)10(8)13)3-6-4-14-5-6;/h1-3,14H,4-5H2;1H. The van der Waals surface area contributed by atoms with Crippen molar-refractivity contribution in [1.29, 1.82) is 0 Å². The molecule has 0 saturated carbocycles. The largest absolute Gasteiger partial charge is 0.309 e. The van der Waals surface area contributed by atoms with Crippen molar-refractivity contribution in [2.24, 2.45) is 0 Å². The Morgan fingerprint density at radius 3 is 2.40 bits per heavy atom. The Bertz CT molecular complexity index is 401. The van der Waals surface area contributed by atoms with Crippen molar-refractivity contribution in [3.8, 4) is 0 Å². The first-order chi connectivity index (χ1) is 6.68. The summed E-state index contributed by atoms with van der Waals surface area (Å²) in [5.74, 6) is -1.62. The SMILES string of the molecule is Cl.Fc1c(Br)ccc(C=C2CNC2)c1F. The Labute approximate surface area is 101 Å². The van der Waals surface area contributed by atoms with E-state index in [1.54, 1.807) is 12.1 Å². The Kier molecular flexibility index (Phi) is 4.25. The van der Waals surface area contributed by atoms with E-state index in [9.17, 15) is 8.78 Å². The molecule has 0 amide bonds. The summed E-state index contributed by atoms with van der Waals surface area (Å²) in [4.78, 5) is 0. The summed E-state index contributed by atoms with van der Waals surface area (Å²) in [6.07, 6.45) is 1.68. The van der Waals surface area contributed by atoms with Gasteiger partial charge in [-0.15, -0.1) is 12.4 Å². The highest BCUT2D eigenvalue weighted by atomic mass is 79.9. The summed E-state index contributed by atoms with van der Waals surface area (Å²) >= 11 is 2.93. The van der Waals surface area contributed by atoms with Crippen LogP contribution in [-0.2, 0) is 0 Å². The van der Waals surface area contributed by atoms with Crippen molar-refractivity contribution in [2.75, 3.05) is 13.1 Å². The van der Waals surface area contributed by atoms with E-state index < -0.39 is 11.6 Å². The lowest BCUT2D eigenvalue weighted by Gasteiger charge is -2.18. The molecule has 0 radical (unpaired) electrons. The van der Waals surface area contributed by atoms with Crippen LogP contribution in [0, 0.1) is 11.6 Å². The smallest absolute Gasteiger partial charge is 0.173 e. The fourth-order valence-corrected chi connectivity index (χ4v) is 1.55. The average Bonchev–Trinajstić information content (AvgIpc) is 2.10. The van der Waals surface area contributed by atoms with Crippen LogP contribution in [0.3, 0.4) is 0 Å². The van der Waals surface area contributed by atoms with Crippen molar-refractivity contribution in [2.45, 2.75) is 0 Å². The third-order valence-corrected chi connectivity index (χ3v) is 2.74. The van der Waals surface area contributed by atoms with Crippen LogP contribution in [0.5, 0.6) is 0 Å². The lowest BCUT2D eigenvalue weighted by atomic mass is 10.1. The van der Waals surface area contributed by atoms with Gasteiger partial charge in [0.05, 0.1) is 4.47 Å². The molecule has 0 bridgehead atoms. The highest BCUT2D eigenvalue weighted by Gasteiger charge is 2.12. The van der Waals surface area contributed by atoms with Crippen LogP contribution in [0.25, 0.3) is 6.08 Å². The molecule has 1 aromatic carbocycles. The van der Waals surface area contributed by atoms with Gasteiger partial charge in [0.25, 0.3) is 0 Å². The summed E-state index contributed by atoms with van der Waals surface area (Å²) in [5, 5.41) is 3.03. The minimum atomic E-state index is -0.827. The van der Waals surface area contributed by atoms with E-state index in [4.69, 9.17) is 0 Å². The third-order valence-electron chi connectivity index (χ3n) is 2.13. The Balaban J connectivity index is 0.00000112. The van der Waals surface area contributed by atoms with E-state index in [0.29, 0.717) is 5.56 Å². The fraction of sp³-hybridized carbons (Fsp3) is 0.200. The maximum absolute atomic E-state index is 13.3. The maximum atomic E-state index is 13.3. The van der Waals surface area contributed by atoms with Crippen molar-refractivity contribution < 1.29 is 8.78 Å². The van der Waals surface area contributed by atoms with Crippen LogP contribution in [0.1, 0.15) is 5.56 Å². The molecule has 0 spiro atoms. The monoisotopic (exact) mass is 295 g/mol. The van der Waals surface area contributed by atoms with Crippen LogP contribution in [0.4, 0.5) is 8.78 Å². The van der Waals surface area contributed by atoms with E-state index in [-0.39, 0.29) is 16.9 Å². The normalized spacial score (nSPS) is 14.2. The van der Waals surface area contributed by atoms with Gasteiger partial charge < -0.3 is 5.32 Å². The van der Waals surface area contributed by atoms with Gasteiger partial charge in [0.15, 0.2) is 11.6 Å². The quantitative estimate of drug-likeness (QED) is 0.785. The van der Waals surface area contributed by atoms with Crippen molar-refractivity contribution >= 4 is 34.4 Å². The van der Waals surface area contributed by atoms with E-state index in [0.717, 1.165) is 18.7 Å². The Morgan fingerprint density at radius 2 is 1.87 bits per heavy atom. The van der Waals surface area contributed by atoms with Gasteiger partial charge in [0, 0.05) is 18.7 Å². The first kappa shape index (κ1) is 12.6. The number of benzene rings is 1. The number of halogens is 4. The van der Waals surface area contributed by atoms with Crippen LogP contribution >= 0.6 is 28.3 Å². The number of rotatable bonds is 1. The molecule has 1 saturated heterocycles. The van der Waals surface area contributed by atoms with E-state index in [1.807, 2.05) is 0 Å². The predicted octanol–water partition coefficient (Wildman–Crippen LogP) is 3.14. The van der Waals surface area contributed by atoms with Crippen LogP contribution in [-0.4, -0.2) is 13.1 Å². The van der Waals surface area contributed by atoms with Gasteiger partial charge in [-0.2, -0.15) is 0 Å². The Morgan fingerprint density at radius 1 is 1.20 bits per heavy atom. The zero-order valence-corrected chi connectivity index (χ0v) is 10.1. The fourth-order valence-electron chi connectivity index (χ4n) is 1.24. The Hall–Kier alpha value is -0.450. The van der Waals surface area contributed by atoms with Gasteiger partial charge in [-0.3, -0.25) is 0 Å². The molecule has 1 fully saturated rings. The molecule has 1 heterocycles. The zero-order valence-electron chi connectivity index (χ0n) is 7.69. The summed E-state index contributed by atoms with van der Waals surface area (Å²) in [6, 6.07) is 3.07. The van der Waals surface area contributed by atoms with Crippen LogP contribution in [0.15, 0.2) is 22.2 Å². The molecule has 0 aliphatic carbocycles. The summed E-state index contributed by atoms with van der Waals surface area (Å²) in [7, 11) is 0. The molecule has 0 aromatic heterocycles. The van der Waals surface area contributed by atoms with Gasteiger partial charge >= 0.3 is 0 Å². The second-order valence-electron chi connectivity index (χ2n) is 3.17. The first-order valence-electron chi connectivity index (χ1n) is 4.22. The second kappa shape index (κ2) is 5.05. The second-order valence-corrected chi connectivity index (χ2v) is 4.03. The molecular formula is C10H9BrClF2N. The number of hydrogen-bond donors (Lipinski definition) is 1.